The molecular weight excluding hydrogens is 327 g/mol. The standard InChI is InChI=1S/C18H17FN2O2S/c19-13-7-9-14(10-8-13)20-17(22)6-3-11-21-15-4-1-2-5-16(15)24-12-18(21)23/h1-2,4-5,7-10H,3,6,11-12H2,(H,20,22). The summed E-state index contributed by atoms with van der Waals surface area (Å²) in [5.74, 6) is 0.0122. The molecule has 6 heteroatoms. The van der Waals surface area contributed by atoms with Crippen LogP contribution in [0.1, 0.15) is 12.8 Å². The average molecular weight is 344 g/mol. The van der Waals surface area contributed by atoms with Gasteiger partial charge in [0.25, 0.3) is 0 Å². The number of hydrogen-bond acceptors (Lipinski definition) is 3. The Morgan fingerprint density at radius 1 is 1.17 bits per heavy atom. The number of fused-ring (bicyclic) bond motifs is 1. The highest BCUT2D eigenvalue weighted by Gasteiger charge is 2.23. The topological polar surface area (TPSA) is 49.4 Å². The maximum absolute atomic E-state index is 12.8. The summed E-state index contributed by atoms with van der Waals surface area (Å²) in [5, 5.41) is 2.72. The van der Waals surface area contributed by atoms with Gasteiger partial charge in [0.15, 0.2) is 0 Å². The summed E-state index contributed by atoms with van der Waals surface area (Å²) in [6, 6.07) is 13.4. The molecule has 0 bridgehead atoms. The fourth-order valence-electron chi connectivity index (χ4n) is 2.55. The summed E-state index contributed by atoms with van der Waals surface area (Å²) in [4.78, 5) is 26.9. The van der Waals surface area contributed by atoms with E-state index < -0.39 is 0 Å². The van der Waals surface area contributed by atoms with E-state index in [1.165, 1.54) is 24.3 Å². The van der Waals surface area contributed by atoms with Crippen molar-refractivity contribution in [3.63, 3.8) is 0 Å². The second kappa shape index (κ2) is 7.49. The molecule has 0 aromatic heterocycles. The van der Waals surface area contributed by atoms with E-state index in [4.69, 9.17) is 0 Å². The molecule has 2 aromatic rings. The Labute approximate surface area is 144 Å². The third-order valence-corrected chi connectivity index (χ3v) is 4.77. The molecule has 0 atom stereocenters. The maximum Gasteiger partial charge on any atom is 0.237 e. The van der Waals surface area contributed by atoms with Crippen LogP contribution in [-0.4, -0.2) is 24.1 Å². The Kier molecular flexibility index (Phi) is 5.15. The van der Waals surface area contributed by atoms with Gasteiger partial charge in [-0.25, -0.2) is 4.39 Å². The molecule has 1 aliphatic heterocycles. The third kappa shape index (κ3) is 3.94. The van der Waals surface area contributed by atoms with Crippen molar-refractivity contribution < 1.29 is 14.0 Å². The lowest BCUT2D eigenvalue weighted by molar-refractivity contribution is -0.117. The zero-order valence-corrected chi connectivity index (χ0v) is 13.8. The van der Waals surface area contributed by atoms with Gasteiger partial charge in [0, 0.05) is 23.5 Å². The van der Waals surface area contributed by atoms with Gasteiger partial charge in [-0.15, -0.1) is 11.8 Å². The quantitative estimate of drug-likeness (QED) is 0.900. The monoisotopic (exact) mass is 344 g/mol. The molecule has 0 saturated carbocycles. The fourth-order valence-corrected chi connectivity index (χ4v) is 3.49. The largest absolute Gasteiger partial charge is 0.326 e. The van der Waals surface area contributed by atoms with Crippen molar-refractivity contribution in [3.8, 4) is 0 Å². The average Bonchev–Trinajstić information content (AvgIpc) is 2.59. The van der Waals surface area contributed by atoms with Crippen molar-refractivity contribution >= 4 is 35.0 Å². The molecule has 0 saturated heterocycles. The Bertz CT molecular complexity index is 749. The molecule has 24 heavy (non-hydrogen) atoms. The number of benzene rings is 2. The van der Waals surface area contributed by atoms with Crippen molar-refractivity contribution in [2.24, 2.45) is 0 Å². The lowest BCUT2D eigenvalue weighted by Crippen LogP contribution is -2.36. The van der Waals surface area contributed by atoms with Crippen LogP contribution in [0.3, 0.4) is 0 Å². The number of thioether (sulfide) groups is 1. The highest BCUT2D eigenvalue weighted by Crippen LogP contribution is 2.34. The first-order valence-corrected chi connectivity index (χ1v) is 8.69. The summed E-state index contributed by atoms with van der Waals surface area (Å²) >= 11 is 1.54. The van der Waals surface area contributed by atoms with Crippen molar-refractivity contribution in [2.45, 2.75) is 17.7 Å². The maximum atomic E-state index is 12.8. The normalized spacial score (nSPS) is 13.5. The molecule has 0 fully saturated rings. The van der Waals surface area contributed by atoms with E-state index in [1.54, 1.807) is 16.7 Å². The minimum Gasteiger partial charge on any atom is -0.326 e. The summed E-state index contributed by atoms with van der Waals surface area (Å²) in [7, 11) is 0. The first kappa shape index (κ1) is 16.5. The summed E-state index contributed by atoms with van der Waals surface area (Å²) in [6.45, 7) is 0.507. The zero-order chi connectivity index (χ0) is 16.9. The van der Waals surface area contributed by atoms with Crippen LogP contribution in [-0.2, 0) is 9.59 Å². The molecule has 0 aliphatic carbocycles. The second-order valence-corrected chi connectivity index (χ2v) is 6.48. The van der Waals surface area contributed by atoms with Crippen molar-refractivity contribution in [1.29, 1.82) is 0 Å². The van der Waals surface area contributed by atoms with Gasteiger partial charge in [0.1, 0.15) is 5.82 Å². The van der Waals surface area contributed by atoms with Crippen LogP contribution in [0, 0.1) is 5.82 Å². The highest BCUT2D eigenvalue weighted by atomic mass is 32.2. The van der Waals surface area contributed by atoms with Gasteiger partial charge in [0.05, 0.1) is 11.4 Å². The molecule has 0 spiro atoms. The van der Waals surface area contributed by atoms with Gasteiger partial charge >= 0.3 is 0 Å². The Hall–Kier alpha value is -2.34. The SMILES string of the molecule is O=C(CCCN1C(=O)CSc2ccccc21)Nc1ccc(F)cc1. The van der Waals surface area contributed by atoms with E-state index in [-0.39, 0.29) is 17.6 Å². The van der Waals surface area contributed by atoms with Crippen LogP contribution in [0.4, 0.5) is 15.8 Å². The van der Waals surface area contributed by atoms with Gasteiger partial charge in [-0.3, -0.25) is 9.59 Å². The molecule has 4 nitrogen and oxygen atoms in total. The molecule has 0 unspecified atom stereocenters. The van der Waals surface area contributed by atoms with Crippen molar-refractivity contribution in [2.75, 3.05) is 22.5 Å². The minimum absolute atomic E-state index is 0.0673. The molecule has 2 aromatic carbocycles. The zero-order valence-electron chi connectivity index (χ0n) is 13.0. The predicted molar refractivity (Wildman–Crippen MR) is 93.8 cm³/mol. The molecule has 124 valence electrons. The van der Waals surface area contributed by atoms with Gasteiger partial charge < -0.3 is 10.2 Å². The molecule has 0 radical (unpaired) electrons. The van der Waals surface area contributed by atoms with Crippen LogP contribution >= 0.6 is 11.8 Å². The first-order valence-electron chi connectivity index (χ1n) is 7.71. The predicted octanol–water partition coefficient (Wildman–Crippen LogP) is 3.68. The number of halogens is 1. The fraction of sp³-hybridized carbons (Fsp3) is 0.222. The summed E-state index contributed by atoms with van der Waals surface area (Å²) < 4.78 is 12.8. The molecule has 1 heterocycles. The lowest BCUT2D eigenvalue weighted by Gasteiger charge is -2.28. The van der Waals surface area contributed by atoms with Crippen LogP contribution in [0.15, 0.2) is 53.4 Å². The van der Waals surface area contributed by atoms with E-state index in [0.29, 0.717) is 30.8 Å². The van der Waals surface area contributed by atoms with Gasteiger partial charge in [0.2, 0.25) is 11.8 Å². The van der Waals surface area contributed by atoms with Crippen LogP contribution in [0.25, 0.3) is 0 Å². The van der Waals surface area contributed by atoms with Gasteiger partial charge in [-0.05, 0) is 42.8 Å². The molecule has 1 N–H and O–H groups in total. The smallest absolute Gasteiger partial charge is 0.237 e. The number of carbonyl (C=O) groups excluding carboxylic acids is 2. The molecule has 2 amide bonds. The Morgan fingerprint density at radius 3 is 2.71 bits per heavy atom. The van der Waals surface area contributed by atoms with E-state index in [2.05, 4.69) is 5.32 Å². The second-order valence-electron chi connectivity index (χ2n) is 5.46. The Balaban J connectivity index is 1.53. The van der Waals surface area contributed by atoms with Crippen LogP contribution in [0.2, 0.25) is 0 Å². The number of hydrogen-bond donors (Lipinski definition) is 1. The summed E-state index contributed by atoms with van der Waals surface area (Å²) in [6.07, 6.45) is 0.869. The third-order valence-electron chi connectivity index (χ3n) is 3.72. The van der Waals surface area contributed by atoms with Gasteiger partial charge in [-0.1, -0.05) is 12.1 Å². The number of anilines is 2. The molecule has 3 rings (SSSR count). The van der Waals surface area contributed by atoms with Crippen LogP contribution in [0.5, 0.6) is 0 Å². The van der Waals surface area contributed by atoms with Gasteiger partial charge in [-0.2, -0.15) is 0 Å². The number of amides is 2. The van der Waals surface area contributed by atoms with Crippen LogP contribution < -0.4 is 10.2 Å². The summed E-state index contributed by atoms with van der Waals surface area (Å²) in [5.41, 5.74) is 1.48. The van der Waals surface area contributed by atoms with E-state index in [9.17, 15) is 14.0 Å². The van der Waals surface area contributed by atoms with Crippen molar-refractivity contribution in [1.82, 2.24) is 0 Å². The number of nitrogens with one attached hydrogen (secondary N) is 1. The van der Waals surface area contributed by atoms with E-state index >= 15 is 0 Å². The number of nitrogens with zero attached hydrogens (tertiary/aromatic N) is 1. The first-order chi connectivity index (χ1) is 11.6. The molecular formula is C18H17FN2O2S. The Morgan fingerprint density at radius 2 is 1.92 bits per heavy atom. The number of para-hydroxylation sites is 1. The highest BCUT2D eigenvalue weighted by molar-refractivity contribution is 8.00. The van der Waals surface area contributed by atoms with E-state index in [1.807, 2.05) is 24.3 Å². The minimum atomic E-state index is -0.340. The van der Waals surface area contributed by atoms with E-state index in [0.717, 1.165) is 10.6 Å². The molecule has 1 aliphatic rings. The number of carbonyl (C=O) groups is 2. The van der Waals surface area contributed by atoms with Crippen molar-refractivity contribution in [3.05, 3.63) is 54.3 Å². The number of rotatable bonds is 5. The lowest BCUT2D eigenvalue weighted by atomic mass is 10.2.